The number of nitrogens with zero attached hydrogens (tertiary/aromatic N) is 2. The van der Waals surface area contributed by atoms with Crippen LogP contribution in [-0.2, 0) is 0 Å². The van der Waals surface area contributed by atoms with Crippen LogP contribution < -0.4 is 10.5 Å². The van der Waals surface area contributed by atoms with E-state index in [2.05, 4.69) is 9.97 Å². The van der Waals surface area contributed by atoms with Gasteiger partial charge in [-0.2, -0.15) is 0 Å². The van der Waals surface area contributed by atoms with Crippen molar-refractivity contribution in [1.82, 2.24) is 9.97 Å². The molecule has 0 saturated carbocycles. The molecule has 0 radical (unpaired) electrons. The van der Waals surface area contributed by atoms with Crippen LogP contribution in [-0.4, -0.2) is 15.0 Å². The molecule has 4 nitrogen and oxygen atoms in total. The van der Waals surface area contributed by atoms with Crippen molar-refractivity contribution in [3.8, 4) is 11.6 Å². The molecule has 1 aromatic carbocycles. The fourth-order valence-corrected chi connectivity index (χ4v) is 1.80. The van der Waals surface area contributed by atoms with Crippen LogP contribution in [0.1, 0.15) is 16.8 Å². The second-order valence-electron chi connectivity index (χ2n) is 4.08. The largest absolute Gasteiger partial charge is 0.437 e. The highest BCUT2D eigenvalue weighted by Gasteiger charge is 2.06. The van der Waals surface area contributed by atoms with Crippen molar-refractivity contribution in [3.05, 3.63) is 46.4 Å². The quantitative estimate of drug-likeness (QED) is 0.881. The maximum absolute atomic E-state index is 6.10. The van der Waals surface area contributed by atoms with Crippen molar-refractivity contribution >= 4 is 28.8 Å². The Balaban J connectivity index is 2.24. The summed E-state index contributed by atoms with van der Waals surface area (Å²) in [6, 6.07) is 3.69. The molecule has 0 aliphatic carbocycles. The van der Waals surface area contributed by atoms with Crippen LogP contribution in [0.5, 0.6) is 11.6 Å². The Morgan fingerprint density at radius 2 is 1.84 bits per heavy atom. The van der Waals surface area contributed by atoms with Gasteiger partial charge in [0.1, 0.15) is 16.4 Å². The average molecular weight is 294 g/mol. The van der Waals surface area contributed by atoms with Crippen LogP contribution >= 0.6 is 23.8 Å². The average Bonchev–Trinajstić information content (AvgIpc) is 2.36. The first-order chi connectivity index (χ1) is 8.97. The zero-order valence-electron chi connectivity index (χ0n) is 10.5. The second kappa shape index (κ2) is 5.50. The third-order valence-electron chi connectivity index (χ3n) is 2.51. The lowest BCUT2D eigenvalue weighted by molar-refractivity contribution is 0.459. The highest BCUT2D eigenvalue weighted by atomic mass is 35.5. The summed E-state index contributed by atoms with van der Waals surface area (Å²) in [7, 11) is 0. The normalized spacial score (nSPS) is 10.3. The monoisotopic (exact) mass is 293 g/mol. The molecular weight excluding hydrogens is 282 g/mol. The van der Waals surface area contributed by atoms with Gasteiger partial charge in [0.05, 0.1) is 12.4 Å². The third-order valence-corrected chi connectivity index (χ3v) is 3.32. The molecule has 0 amide bonds. The molecule has 1 heterocycles. The Morgan fingerprint density at radius 3 is 2.32 bits per heavy atom. The summed E-state index contributed by atoms with van der Waals surface area (Å²) in [6.45, 7) is 3.84. The lowest BCUT2D eigenvalue weighted by atomic mass is 10.1. The molecule has 0 aliphatic rings. The van der Waals surface area contributed by atoms with Crippen LogP contribution in [0.25, 0.3) is 0 Å². The van der Waals surface area contributed by atoms with Gasteiger partial charge in [-0.3, -0.25) is 0 Å². The number of hydrogen-bond acceptors (Lipinski definition) is 4. The SMILES string of the molecule is Cc1cc(Oc2cnc(C(N)=S)cn2)cc(C)c1Cl. The molecule has 0 unspecified atom stereocenters. The number of ether oxygens (including phenoxy) is 1. The number of nitrogens with two attached hydrogens (primary N) is 1. The number of benzene rings is 1. The van der Waals surface area contributed by atoms with Gasteiger partial charge in [0.15, 0.2) is 0 Å². The van der Waals surface area contributed by atoms with Crippen molar-refractivity contribution in [1.29, 1.82) is 0 Å². The lowest BCUT2D eigenvalue weighted by Gasteiger charge is -2.08. The van der Waals surface area contributed by atoms with E-state index in [9.17, 15) is 0 Å². The van der Waals surface area contributed by atoms with Gasteiger partial charge in [0.25, 0.3) is 0 Å². The van der Waals surface area contributed by atoms with Crippen molar-refractivity contribution < 1.29 is 4.74 Å². The van der Waals surface area contributed by atoms with Crippen molar-refractivity contribution in [3.63, 3.8) is 0 Å². The summed E-state index contributed by atoms with van der Waals surface area (Å²) >= 11 is 10.9. The zero-order valence-corrected chi connectivity index (χ0v) is 12.0. The third kappa shape index (κ3) is 3.19. The van der Waals surface area contributed by atoms with Crippen molar-refractivity contribution in [2.24, 2.45) is 5.73 Å². The zero-order chi connectivity index (χ0) is 14.0. The summed E-state index contributed by atoms with van der Waals surface area (Å²) in [5, 5.41) is 0.738. The Labute approximate surface area is 121 Å². The van der Waals surface area contributed by atoms with Gasteiger partial charge >= 0.3 is 0 Å². The van der Waals surface area contributed by atoms with Gasteiger partial charge in [-0.05, 0) is 37.1 Å². The number of aromatic nitrogens is 2. The van der Waals surface area contributed by atoms with E-state index in [4.69, 9.17) is 34.3 Å². The van der Waals surface area contributed by atoms with Gasteiger partial charge in [-0.15, -0.1) is 0 Å². The fourth-order valence-electron chi connectivity index (χ4n) is 1.58. The molecule has 2 rings (SSSR count). The predicted molar refractivity (Wildman–Crippen MR) is 78.9 cm³/mol. The molecule has 0 fully saturated rings. The van der Waals surface area contributed by atoms with Gasteiger partial charge in [-0.25, -0.2) is 9.97 Å². The number of thiocarbonyl (C=S) groups is 1. The van der Waals surface area contributed by atoms with Crippen LogP contribution in [0, 0.1) is 13.8 Å². The molecule has 2 aromatic rings. The molecule has 0 aliphatic heterocycles. The Kier molecular flexibility index (Phi) is 3.97. The number of aryl methyl sites for hydroxylation is 2. The fraction of sp³-hybridized carbons (Fsp3) is 0.154. The van der Waals surface area contributed by atoms with Gasteiger partial charge in [0.2, 0.25) is 5.88 Å². The highest BCUT2D eigenvalue weighted by molar-refractivity contribution is 7.80. The Bertz CT molecular complexity index is 605. The summed E-state index contributed by atoms with van der Waals surface area (Å²) in [6.07, 6.45) is 2.96. The molecule has 98 valence electrons. The summed E-state index contributed by atoms with van der Waals surface area (Å²) in [4.78, 5) is 8.35. The van der Waals surface area contributed by atoms with Crippen LogP contribution in [0.2, 0.25) is 5.02 Å². The summed E-state index contributed by atoms with van der Waals surface area (Å²) in [5.41, 5.74) is 7.81. The summed E-state index contributed by atoms with van der Waals surface area (Å²) in [5.74, 6) is 1.04. The molecule has 6 heteroatoms. The number of halogens is 1. The van der Waals surface area contributed by atoms with E-state index in [1.165, 1.54) is 12.4 Å². The first-order valence-electron chi connectivity index (χ1n) is 5.54. The van der Waals surface area contributed by atoms with Crippen LogP contribution in [0.4, 0.5) is 0 Å². The van der Waals surface area contributed by atoms with E-state index >= 15 is 0 Å². The molecule has 0 spiro atoms. The molecule has 0 saturated heterocycles. The first-order valence-corrected chi connectivity index (χ1v) is 6.32. The van der Waals surface area contributed by atoms with Crippen molar-refractivity contribution in [2.75, 3.05) is 0 Å². The van der Waals surface area contributed by atoms with Gasteiger partial charge in [0, 0.05) is 5.02 Å². The summed E-state index contributed by atoms with van der Waals surface area (Å²) < 4.78 is 5.61. The van der Waals surface area contributed by atoms with Gasteiger partial charge in [-0.1, -0.05) is 23.8 Å². The van der Waals surface area contributed by atoms with E-state index < -0.39 is 0 Å². The standard InChI is InChI=1S/C13H12ClN3OS/c1-7-3-9(4-8(2)12(7)14)18-11-6-16-10(5-17-11)13(15)19/h3-6H,1-2H3,(H2,15,19). The van der Waals surface area contributed by atoms with E-state index in [-0.39, 0.29) is 4.99 Å². The molecular formula is C13H12ClN3OS. The second-order valence-corrected chi connectivity index (χ2v) is 4.90. The van der Waals surface area contributed by atoms with Crippen molar-refractivity contribution in [2.45, 2.75) is 13.8 Å². The van der Waals surface area contributed by atoms with Crippen LogP contribution in [0.15, 0.2) is 24.5 Å². The van der Waals surface area contributed by atoms with E-state index in [0.29, 0.717) is 17.3 Å². The minimum Gasteiger partial charge on any atom is -0.437 e. The molecule has 2 N–H and O–H groups in total. The maximum atomic E-state index is 6.10. The van der Waals surface area contributed by atoms with E-state index in [1.807, 2.05) is 26.0 Å². The Hall–Kier alpha value is -1.72. The van der Waals surface area contributed by atoms with Gasteiger partial charge < -0.3 is 10.5 Å². The van der Waals surface area contributed by atoms with Crippen LogP contribution in [0.3, 0.4) is 0 Å². The minimum absolute atomic E-state index is 0.206. The Morgan fingerprint density at radius 1 is 1.21 bits per heavy atom. The highest BCUT2D eigenvalue weighted by Crippen LogP contribution is 2.28. The molecule has 0 bridgehead atoms. The predicted octanol–water partition coefficient (Wildman–Crippen LogP) is 3.17. The number of hydrogen-bond donors (Lipinski definition) is 1. The molecule has 19 heavy (non-hydrogen) atoms. The molecule has 1 aromatic heterocycles. The first kappa shape index (κ1) is 13.7. The number of rotatable bonds is 3. The van der Waals surface area contributed by atoms with E-state index in [1.54, 1.807) is 0 Å². The maximum Gasteiger partial charge on any atom is 0.237 e. The van der Waals surface area contributed by atoms with E-state index in [0.717, 1.165) is 16.1 Å². The molecule has 0 atom stereocenters. The lowest BCUT2D eigenvalue weighted by Crippen LogP contribution is -2.11. The smallest absolute Gasteiger partial charge is 0.237 e. The topological polar surface area (TPSA) is 61.0 Å². The minimum atomic E-state index is 0.206.